The molecular formula is C14H12FNO4S. The molecule has 0 N–H and O–H groups in total. The predicted molar refractivity (Wildman–Crippen MR) is 73.6 cm³/mol. The number of carbonyl (C=O) groups excluding carboxylic acids is 1. The lowest BCUT2D eigenvalue weighted by Crippen LogP contribution is -2.26. The van der Waals surface area contributed by atoms with E-state index < -0.39 is 26.2 Å². The molecule has 7 heteroatoms. The third-order valence-electron chi connectivity index (χ3n) is 2.78. The van der Waals surface area contributed by atoms with Gasteiger partial charge in [0.25, 0.3) is 5.50 Å². The maximum Gasteiger partial charge on any atom is 0.268 e. The summed E-state index contributed by atoms with van der Waals surface area (Å²) in [5.41, 5.74) is -2.75. The molecule has 5 nitrogen and oxygen atoms in total. The monoisotopic (exact) mass is 309 g/mol. The van der Waals surface area contributed by atoms with Gasteiger partial charge in [-0.1, -0.05) is 6.07 Å². The van der Waals surface area contributed by atoms with Crippen LogP contribution in [0.15, 0.2) is 53.7 Å². The second-order valence-electron chi connectivity index (χ2n) is 4.12. The fourth-order valence-corrected chi connectivity index (χ4v) is 2.75. The van der Waals surface area contributed by atoms with E-state index in [1.54, 1.807) is 0 Å². The Balaban J connectivity index is 2.30. The molecule has 0 amide bonds. The number of alkyl halides is 1. The average molecular weight is 309 g/mol. The molecule has 1 unspecified atom stereocenters. The lowest BCUT2D eigenvalue weighted by Gasteiger charge is -2.09. The molecule has 0 aliphatic heterocycles. The number of hydrogen-bond donors (Lipinski definition) is 0. The predicted octanol–water partition coefficient (Wildman–Crippen LogP) is 2.04. The number of benzene rings is 1. The van der Waals surface area contributed by atoms with Gasteiger partial charge in [-0.3, -0.25) is 4.79 Å². The van der Waals surface area contributed by atoms with Crippen LogP contribution < -0.4 is 4.74 Å². The van der Waals surface area contributed by atoms with E-state index in [1.807, 2.05) is 0 Å². The summed E-state index contributed by atoms with van der Waals surface area (Å²) in [5.74, 6) is -0.655. The molecule has 1 atom stereocenters. The standard InChI is InChI=1S/C14H12FNO4S/c1-20-11-7-5-10(6-8-11)13(17)14(15)21(18,19)12-4-2-3-9-16-12/h2-9,14H,1H3. The number of hydrogen-bond acceptors (Lipinski definition) is 5. The first-order valence-corrected chi connectivity index (χ1v) is 7.48. The molecule has 1 aromatic heterocycles. The third kappa shape index (κ3) is 3.08. The number of halogens is 1. The summed E-state index contributed by atoms with van der Waals surface area (Å²) in [4.78, 5) is 15.5. The van der Waals surface area contributed by atoms with Crippen molar-refractivity contribution in [3.63, 3.8) is 0 Å². The summed E-state index contributed by atoms with van der Waals surface area (Å²) in [6, 6.07) is 9.56. The molecule has 21 heavy (non-hydrogen) atoms. The third-order valence-corrected chi connectivity index (χ3v) is 4.37. The van der Waals surface area contributed by atoms with Crippen molar-refractivity contribution in [2.24, 2.45) is 0 Å². The van der Waals surface area contributed by atoms with Crippen LogP contribution in [0.3, 0.4) is 0 Å². The molecule has 1 heterocycles. The Kier molecular flexibility index (Phi) is 4.32. The van der Waals surface area contributed by atoms with Crippen molar-refractivity contribution >= 4 is 15.6 Å². The highest BCUT2D eigenvalue weighted by Crippen LogP contribution is 2.20. The van der Waals surface area contributed by atoms with E-state index in [0.717, 1.165) is 6.07 Å². The Hall–Kier alpha value is -2.28. The number of Topliss-reactive ketones (excluding diaryl/α,β-unsaturated/α-hetero) is 1. The number of sulfone groups is 1. The lowest BCUT2D eigenvalue weighted by molar-refractivity contribution is 0.0933. The van der Waals surface area contributed by atoms with Crippen molar-refractivity contribution in [3.05, 3.63) is 54.2 Å². The van der Waals surface area contributed by atoms with Gasteiger partial charge in [0.1, 0.15) is 5.75 Å². The van der Waals surface area contributed by atoms with Crippen LogP contribution in [0.1, 0.15) is 10.4 Å². The summed E-state index contributed by atoms with van der Waals surface area (Å²) < 4.78 is 43.0. The second kappa shape index (κ2) is 6.01. The van der Waals surface area contributed by atoms with E-state index in [-0.39, 0.29) is 5.56 Å². The summed E-state index contributed by atoms with van der Waals surface area (Å²) in [6.07, 6.45) is 1.22. The van der Waals surface area contributed by atoms with Gasteiger partial charge in [0.2, 0.25) is 15.6 Å². The maximum absolute atomic E-state index is 14.1. The number of ketones is 1. The number of pyridine rings is 1. The van der Waals surface area contributed by atoms with Crippen molar-refractivity contribution in [1.82, 2.24) is 4.98 Å². The van der Waals surface area contributed by atoms with Gasteiger partial charge in [-0.05, 0) is 36.4 Å². The van der Waals surface area contributed by atoms with Gasteiger partial charge in [0.15, 0.2) is 5.03 Å². The van der Waals surface area contributed by atoms with Crippen LogP contribution in [0.2, 0.25) is 0 Å². The topological polar surface area (TPSA) is 73.3 Å². The Bertz CT molecular complexity index is 729. The van der Waals surface area contributed by atoms with E-state index in [4.69, 9.17) is 4.74 Å². The summed E-state index contributed by atoms with van der Waals surface area (Å²) in [7, 11) is -3.02. The van der Waals surface area contributed by atoms with Crippen LogP contribution in [0.5, 0.6) is 5.75 Å². The van der Waals surface area contributed by atoms with Crippen LogP contribution in [-0.4, -0.2) is 31.8 Å². The van der Waals surface area contributed by atoms with Crippen LogP contribution in [0, 0.1) is 0 Å². The first-order chi connectivity index (χ1) is 9.96. The maximum atomic E-state index is 14.1. The first kappa shape index (κ1) is 15.1. The number of carbonyl (C=O) groups is 1. The van der Waals surface area contributed by atoms with Gasteiger partial charge < -0.3 is 4.74 Å². The van der Waals surface area contributed by atoms with Gasteiger partial charge in [-0.25, -0.2) is 17.8 Å². The van der Waals surface area contributed by atoms with Crippen LogP contribution in [-0.2, 0) is 9.84 Å². The Morgan fingerprint density at radius 3 is 2.38 bits per heavy atom. The van der Waals surface area contributed by atoms with Gasteiger partial charge >= 0.3 is 0 Å². The fourth-order valence-electron chi connectivity index (χ4n) is 1.65. The molecule has 110 valence electrons. The highest BCUT2D eigenvalue weighted by molar-refractivity contribution is 7.92. The van der Waals surface area contributed by atoms with Crippen LogP contribution in [0.4, 0.5) is 4.39 Å². The smallest absolute Gasteiger partial charge is 0.268 e. The number of rotatable bonds is 5. The van der Waals surface area contributed by atoms with Gasteiger partial charge in [0.05, 0.1) is 7.11 Å². The number of methoxy groups -OCH3 is 1. The summed E-state index contributed by atoms with van der Waals surface area (Å²) in [5, 5.41) is -0.473. The zero-order valence-corrected chi connectivity index (χ0v) is 11.9. The zero-order valence-electron chi connectivity index (χ0n) is 11.1. The van der Waals surface area contributed by atoms with E-state index in [2.05, 4.69) is 4.98 Å². The number of ether oxygens (including phenoxy) is 1. The quantitative estimate of drug-likeness (QED) is 0.790. The molecule has 0 aliphatic carbocycles. The Morgan fingerprint density at radius 1 is 1.19 bits per heavy atom. The molecule has 2 aromatic rings. The summed E-state index contributed by atoms with van der Waals surface area (Å²) in [6.45, 7) is 0. The van der Waals surface area contributed by atoms with Crippen molar-refractivity contribution in [3.8, 4) is 5.75 Å². The summed E-state index contributed by atoms with van der Waals surface area (Å²) >= 11 is 0. The zero-order chi connectivity index (χ0) is 15.5. The largest absolute Gasteiger partial charge is 0.497 e. The van der Waals surface area contributed by atoms with Gasteiger partial charge in [0, 0.05) is 11.8 Å². The minimum absolute atomic E-state index is 0.0530. The van der Waals surface area contributed by atoms with Crippen molar-refractivity contribution in [2.45, 2.75) is 10.5 Å². The number of nitrogens with zero attached hydrogens (tertiary/aromatic N) is 1. The van der Waals surface area contributed by atoms with E-state index in [0.29, 0.717) is 5.75 Å². The van der Waals surface area contributed by atoms with Crippen LogP contribution >= 0.6 is 0 Å². The van der Waals surface area contributed by atoms with Gasteiger partial charge in [-0.2, -0.15) is 0 Å². The van der Waals surface area contributed by atoms with Crippen molar-refractivity contribution in [2.75, 3.05) is 7.11 Å². The van der Waals surface area contributed by atoms with E-state index in [9.17, 15) is 17.6 Å². The first-order valence-electron chi connectivity index (χ1n) is 5.94. The van der Waals surface area contributed by atoms with Crippen molar-refractivity contribution < 1.29 is 22.3 Å². The highest BCUT2D eigenvalue weighted by Gasteiger charge is 2.35. The van der Waals surface area contributed by atoms with Crippen LogP contribution in [0.25, 0.3) is 0 Å². The molecular weight excluding hydrogens is 297 g/mol. The minimum atomic E-state index is -4.46. The molecule has 0 spiro atoms. The SMILES string of the molecule is COc1ccc(C(=O)C(F)S(=O)(=O)c2ccccn2)cc1. The normalized spacial score (nSPS) is 12.7. The fraction of sp³-hybridized carbons (Fsp3) is 0.143. The molecule has 1 aromatic carbocycles. The molecule has 0 bridgehead atoms. The highest BCUT2D eigenvalue weighted by atomic mass is 32.2. The molecule has 0 aliphatic rings. The number of aromatic nitrogens is 1. The second-order valence-corrected chi connectivity index (χ2v) is 6.04. The molecule has 0 fully saturated rings. The molecule has 0 saturated heterocycles. The lowest BCUT2D eigenvalue weighted by atomic mass is 10.1. The van der Waals surface area contributed by atoms with E-state index >= 15 is 0 Å². The minimum Gasteiger partial charge on any atom is -0.497 e. The van der Waals surface area contributed by atoms with Gasteiger partial charge in [-0.15, -0.1) is 0 Å². The molecule has 2 rings (SSSR count). The molecule has 0 saturated carbocycles. The Labute approximate surface area is 121 Å². The molecule has 0 radical (unpaired) electrons. The van der Waals surface area contributed by atoms with E-state index in [1.165, 1.54) is 49.7 Å². The Morgan fingerprint density at radius 2 is 1.86 bits per heavy atom. The average Bonchev–Trinajstić information content (AvgIpc) is 2.54. The van der Waals surface area contributed by atoms with Crippen molar-refractivity contribution in [1.29, 1.82) is 0 Å².